The van der Waals surface area contributed by atoms with E-state index in [1.165, 1.54) is 0 Å². The predicted octanol–water partition coefficient (Wildman–Crippen LogP) is 3.74. The van der Waals surface area contributed by atoms with Gasteiger partial charge in [-0.25, -0.2) is 0 Å². The molecule has 0 unspecified atom stereocenters. The number of hydrogen-bond acceptors (Lipinski definition) is 3. The first-order valence-corrected chi connectivity index (χ1v) is 6.73. The van der Waals surface area contributed by atoms with Crippen molar-refractivity contribution in [2.24, 2.45) is 0 Å². The first-order valence-electron chi connectivity index (χ1n) is 6.73. The molecule has 0 aromatic heterocycles. The van der Waals surface area contributed by atoms with Crippen LogP contribution in [0.15, 0.2) is 36.4 Å². The summed E-state index contributed by atoms with van der Waals surface area (Å²) in [7, 11) is 0. The summed E-state index contributed by atoms with van der Waals surface area (Å²) in [5.74, 6) is 1.07. The molecule has 0 spiro atoms. The molecule has 0 fully saturated rings. The van der Waals surface area contributed by atoms with Gasteiger partial charge in [-0.2, -0.15) is 0 Å². The molecule has 0 aliphatic heterocycles. The quantitative estimate of drug-likeness (QED) is 0.771. The molecule has 3 heteroatoms. The molecule has 0 saturated carbocycles. The second-order valence-electron chi connectivity index (χ2n) is 4.51. The van der Waals surface area contributed by atoms with E-state index >= 15 is 0 Å². The Balaban J connectivity index is 1.87. The number of phenols is 1. The third kappa shape index (κ3) is 4.14. The molecular formula is C16H20O3. The fourth-order valence-electron chi connectivity index (χ4n) is 1.87. The Morgan fingerprint density at radius 2 is 1.79 bits per heavy atom. The number of phenolic OH excluding ortho intramolecular Hbond substituents is 1. The Labute approximate surface area is 113 Å². The van der Waals surface area contributed by atoms with Crippen LogP contribution in [0, 0.1) is 0 Å². The van der Waals surface area contributed by atoms with Gasteiger partial charge in [0.25, 0.3) is 0 Å². The summed E-state index contributed by atoms with van der Waals surface area (Å²) in [5, 5.41) is 11.5. The van der Waals surface area contributed by atoms with Gasteiger partial charge in [0.05, 0.1) is 6.61 Å². The number of hydrogen-bond donors (Lipinski definition) is 1. The Morgan fingerprint density at radius 3 is 2.63 bits per heavy atom. The van der Waals surface area contributed by atoms with Crippen LogP contribution in [0.5, 0.6) is 11.5 Å². The molecule has 0 aliphatic rings. The fraction of sp³-hybridized carbons (Fsp3) is 0.375. The van der Waals surface area contributed by atoms with Crippen molar-refractivity contribution in [1.82, 2.24) is 0 Å². The normalized spacial score (nSPS) is 10.8. The summed E-state index contributed by atoms with van der Waals surface area (Å²) in [6.45, 7) is 4.10. The van der Waals surface area contributed by atoms with Crippen molar-refractivity contribution in [3.8, 4) is 11.5 Å². The summed E-state index contributed by atoms with van der Waals surface area (Å²) in [5.41, 5.74) is 0. The van der Waals surface area contributed by atoms with E-state index in [-0.39, 0.29) is 5.75 Å². The topological polar surface area (TPSA) is 38.7 Å². The third-order valence-electron chi connectivity index (χ3n) is 2.93. The van der Waals surface area contributed by atoms with Crippen LogP contribution < -0.4 is 4.74 Å². The summed E-state index contributed by atoms with van der Waals surface area (Å²) in [4.78, 5) is 0. The minimum absolute atomic E-state index is 0.271. The van der Waals surface area contributed by atoms with Crippen LogP contribution in [0.3, 0.4) is 0 Å². The van der Waals surface area contributed by atoms with Crippen LogP contribution >= 0.6 is 0 Å². The molecule has 0 heterocycles. The van der Waals surface area contributed by atoms with Crippen molar-refractivity contribution in [2.75, 3.05) is 19.8 Å². The van der Waals surface area contributed by atoms with E-state index in [1.54, 1.807) is 12.1 Å². The lowest BCUT2D eigenvalue weighted by Crippen LogP contribution is -2.07. The maximum Gasteiger partial charge on any atom is 0.120 e. The van der Waals surface area contributed by atoms with E-state index in [0.29, 0.717) is 13.2 Å². The number of fused-ring (bicyclic) bond motifs is 1. The Morgan fingerprint density at radius 1 is 0.947 bits per heavy atom. The van der Waals surface area contributed by atoms with Crippen LogP contribution in [0.1, 0.15) is 19.8 Å². The standard InChI is InChI=1S/C16H20O3/c1-2-3-8-18-9-10-19-16-7-5-13-4-6-15(17)11-14(13)12-16/h4-7,11-12,17H,2-3,8-10H2,1H3. The number of aromatic hydroxyl groups is 1. The van der Waals surface area contributed by atoms with Crippen molar-refractivity contribution in [3.63, 3.8) is 0 Å². The molecule has 0 bridgehead atoms. The minimum Gasteiger partial charge on any atom is -0.508 e. The molecule has 2 rings (SSSR count). The van der Waals surface area contributed by atoms with Crippen LogP contribution in [-0.4, -0.2) is 24.9 Å². The zero-order valence-corrected chi connectivity index (χ0v) is 11.3. The fourth-order valence-corrected chi connectivity index (χ4v) is 1.87. The van der Waals surface area contributed by atoms with Gasteiger partial charge in [-0.1, -0.05) is 25.5 Å². The molecule has 2 aromatic carbocycles. The van der Waals surface area contributed by atoms with Crippen LogP contribution in [0.4, 0.5) is 0 Å². The highest BCUT2D eigenvalue weighted by Gasteiger charge is 1.99. The van der Waals surface area contributed by atoms with Gasteiger partial charge < -0.3 is 14.6 Å². The van der Waals surface area contributed by atoms with Gasteiger partial charge in [0.15, 0.2) is 0 Å². The Kier molecular flexibility index (Phi) is 5.04. The summed E-state index contributed by atoms with van der Waals surface area (Å²) in [6, 6.07) is 11.2. The summed E-state index contributed by atoms with van der Waals surface area (Å²) >= 11 is 0. The molecule has 0 amide bonds. The van der Waals surface area contributed by atoms with Crippen LogP contribution in [0.2, 0.25) is 0 Å². The molecule has 2 aromatic rings. The van der Waals surface area contributed by atoms with Gasteiger partial charge in [-0.3, -0.25) is 0 Å². The lowest BCUT2D eigenvalue weighted by Gasteiger charge is -2.08. The lowest BCUT2D eigenvalue weighted by molar-refractivity contribution is 0.0981. The van der Waals surface area contributed by atoms with Crippen LogP contribution in [-0.2, 0) is 4.74 Å². The summed E-state index contributed by atoms with van der Waals surface area (Å²) in [6.07, 6.45) is 2.24. The highest BCUT2D eigenvalue weighted by molar-refractivity contribution is 5.85. The molecule has 102 valence electrons. The van der Waals surface area contributed by atoms with Gasteiger partial charge in [0.2, 0.25) is 0 Å². The first kappa shape index (κ1) is 13.7. The van der Waals surface area contributed by atoms with E-state index in [1.807, 2.05) is 24.3 Å². The highest BCUT2D eigenvalue weighted by Crippen LogP contribution is 2.24. The number of ether oxygens (including phenoxy) is 2. The molecular weight excluding hydrogens is 240 g/mol. The van der Waals surface area contributed by atoms with Gasteiger partial charge >= 0.3 is 0 Å². The molecule has 0 aliphatic carbocycles. The van der Waals surface area contributed by atoms with E-state index < -0.39 is 0 Å². The van der Waals surface area contributed by atoms with Gasteiger partial charge in [0.1, 0.15) is 18.1 Å². The lowest BCUT2D eigenvalue weighted by atomic mass is 10.1. The zero-order valence-electron chi connectivity index (χ0n) is 11.3. The molecule has 0 saturated heterocycles. The molecule has 1 N–H and O–H groups in total. The average Bonchev–Trinajstić information content (AvgIpc) is 2.42. The molecule has 0 radical (unpaired) electrons. The second kappa shape index (κ2) is 7.00. The van der Waals surface area contributed by atoms with Crippen LogP contribution in [0.25, 0.3) is 10.8 Å². The number of unbranched alkanes of at least 4 members (excludes halogenated alkanes) is 1. The van der Waals surface area contributed by atoms with Gasteiger partial charge in [0, 0.05) is 6.61 Å². The summed E-state index contributed by atoms with van der Waals surface area (Å²) < 4.78 is 11.1. The van der Waals surface area contributed by atoms with E-state index in [0.717, 1.165) is 36.0 Å². The third-order valence-corrected chi connectivity index (χ3v) is 2.93. The van der Waals surface area contributed by atoms with Crippen molar-refractivity contribution in [1.29, 1.82) is 0 Å². The van der Waals surface area contributed by atoms with Crippen molar-refractivity contribution < 1.29 is 14.6 Å². The zero-order chi connectivity index (χ0) is 13.5. The van der Waals surface area contributed by atoms with Gasteiger partial charge in [-0.05, 0) is 41.5 Å². The smallest absolute Gasteiger partial charge is 0.120 e. The van der Waals surface area contributed by atoms with Crippen molar-refractivity contribution in [2.45, 2.75) is 19.8 Å². The minimum atomic E-state index is 0.271. The Bertz CT molecular complexity index is 522. The average molecular weight is 260 g/mol. The first-order chi connectivity index (χ1) is 9.29. The number of benzene rings is 2. The second-order valence-corrected chi connectivity index (χ2v) is 4.51. The Hall–Kier alpha value is -1.74. The highest BCUT2D eigenvalue weighted by atomic mass is 16.5. The van der Waals surface area contributed by atoms with E-state index in [9.17, 15) is 5.11 Å². The van der Waals surface area contributed by atoms with E-state index in [2.05, 4.69) is 6.92 Å². The van der Waals surface area contributed by atoms with Crippen molar-refractivity contribution >= 4 is 10.8 Å². The largest absolute Gasteiger partial charge is 0.508 e. The van der Waals surface area contributed by atoms with Crippen molar-refractivity contribution in [3.05, 3.63) is 36.4 Å². The molecule has 19 heavy (non-hydrogen) atoms. The number of rotatable bonds is 7. The maximum atomic E-state index is 9.46. The monoisotopic (exact) mass is 260 g/mol. The SMILES string of the molecule is CCCCOCCOc1ccc2ccc(O)cc2c1. The van der Waals surface area contributed by atoms with Gasteiger partial charge in [-0.15, -0.1) is 0 Å². The molecule has 3 nitrogen and oxygen atoms in total. The predicted molar refractivity (Wildman–Crippen MR) is 76.8 cm³/mol. The van der Waals surface area contributed by atoms with E-state index in [4.69, 9.17) is 9.47 Å². The maximum absolute atomic E-state index is 9.46. The molecule has 0 atom stereocenters.